The molecular formula is C17H23N3O3. The zero-order chi connectivity index (χ0) is 16.6. The molecule has 2 heterocycles. The maximum atomic E-state index is 12.1. The molecular weight excluding hydrogens is 294 g/mol. The molecule has 2 aromatic rings. The van der Waals surface area contributed by atoms with Crippen molar-refractivity contribution in [3.05, 3.63) is 24.1 Å². The maximum Gasteiger partial charge on any atom is 0.410 e. The topological polar surface area (TPSA) is 58.8 Å². The number of anilines is 1. The van der Waals surface area contributed by atoms with Gasteiger partial charge in [0.2, 0.25) is 0 Å². The number of aryl methyl sites for hydroxylation is 1. The van der Waals surface area contributed by atoms with Gasteiger partial charge in [0.15, 0.2) is 11.5 Å². The molecule has 1 aromatic carbocycles. The molecule has 1 amide bonds. The molecule has 1 saturated heterocycles. The number of aromatic nitrogens is 1. The summed E-state index contributed by atoms with van der Waals surface area (Å²) in [6.45, 7) is 10.4. The van der Waals surface area contributed by atoms with Crippen LogP contribution in [0.5, 0.6) is 0 Å². The molecule has 3 rings (SSSR count). The summed E-state index contributed by atoms with van der Waals surface area (Å²) in [5.41, 5.74) is 2.31. The van der Waals surface area contributed by atoms with Gasteiger partial charge in [0, 0.05) is 44.9 Å². The number of oxazole rings is 1. The number of amides is 1. The third kappa shape index (κ3) is 3.57. The summed E-state index contributed by atoms with van der Waals surface area (Å²) in [4.78, 5) is 20.4. The van der Waals surface area contributed by atoms with E-state index in [-0.39, 0.29) is 6.09 Å². The van der Waals surface area contributed by atoms with Crippen LogP contribution in [-0.2, 0) is 4.74 Å². The van der Waals surface area contributed by atoms with Crippen molar-refractivity contribution >= 4 is 22.9 Å². The third-order valence-corrected chi connectivity index (χ3v) is 3.78. The van der Waals surface area contributed by atoms with Crippen LogP contribution in [-0.4, -0.2) is 47.8 Å². The Morgan fingerprint density at radius 3 is 2.57 bits per heavy atom. The average molecular weight is 317 g/mol. The second kappa shape index (κ2) is 5.76. The van der Waals surface area contributed by atoms with Gasteiger partial charge in [-0.3, -0.25) is 0 Å². The lowest BCUT2D eigenvalue weighted by Crippen LogP contribution is -2.50. The predicted molar refractivity (Wildman–Crippen MR) is 88.8 cm³/mol. The highest BCUT2D eigenvalue weighted by atomic mass is 16.6. The SMILES string of the molecule is Cc1nc2ccc(N3CCN(C(=O)OC(C)(C)C)CC3)cc2o1. The summed E-state index contributed by atoms with van der Waals surface area (Å²) >= 11 is 0. The number of nitrogens with zero attached hydrogens (tertiary/aromatic N) is 3. The zero-order valence-electron chi connectivity index (χ0n) is 14.1. The first-order chi connectivity index (χ1) is 10.8. The van der Waals surface area contributed by atoms with Crippen molar-refractivity contribution in [3.63, 3.8) is 0 Å². The Balaban J connectivity index is 1.64. The van der Waals surface area contributed by atoms with Crippen molar-refractivity contribution in [1.29, 1.82) is 0 Å². The minimum atomic E-state index is -0.455. The van der Waals surface area contributed by atoms with Gasteiger partial charge in [-0.05, 0) is 32.9 Å². The van der Waals surface area contributed by atoms with Crippen LogP contribution in [0.1, 0.15) is 26.7 Å². The Kier molecular flexibility index (Phi) is 3.92. The van der Waals surface area contributed by atoms with Gasteiger partial charge in [-0.1, -0.05) is 0 Å². The smallest absolute Gasteiger partial charge is 0.410 e. The minimum absolute atomic E-state index is 0.238. The van der Waals surface area contributed by atoms with Crippen molar-refractivity contribution in [2.45, 2.75) is 33.3 Å². The average Bonchev–Trinajstić information content (AvgIpc) is 2.84. The summed E-state index contributed by atoms with van der Waals surface area (Å²) < 4.78 is 11.0. The van der Waals surface area contributed by atoms with E-state index in [0.29, 0.717) is 19.0 Å². The van der Waals surface area contributed by atoms with Crippen molar-refractivity contribution in [2.75, 3.05) is 31.1 Å². The minimum Gasteiger partial charge on any atom is -0.444 e. The molecule has 0 bridgehead atoms. The van der Waals surface area contributed by atoms with Gasteiger partial charge >= 0.3 is 6.09 Å². The Bertz CT molecular complexity index is 709. The number of carbonyl (C=O) groups excluding carboxylic acids is 1. The molecule has 0 N–H and O–H groups in total. The number of piperazine rings is 1. The Labute approximate surface area is 136 Å². The van der Waals surface area contributed by atoms with Crippen LogP contribution in [0.15, 0.2) is 22.6 Å². The standard InChI is InChI=1S/C17H23N3O3/c1-12-18-14-6-5-13(11-15(14)22-12)19-7-9-20(10-8-19)16(21)23-17(2,3)4/h5-6,11H,7-10H2,1-4H3. The van der Waals surface area contributed by atoms with Gasteiger partial charge in [0.25, 0.3) is 0 Å². The molecule has 1 aliphatic rings. The predicted octanol–water partition coefficient (Wildman–Crippen LogP) is 3.19. The number of hydrogen-bond acceptors (Lipinski definition) is 5. The van der Waals surface area contributed by atoms with Gasteiger partial charge in [-0.15, -0.1) is 0 Å². The van der Waals surface area contributed by atoms with E-state index in [0.717, 1.165) is 29.9 Å². The molecule has 1 fully saturated rings. The number of rotatable bonds is 1. The van der Waals surface area contributed by atoms with Crippen LogP contribution in [0.2, 0.25) is 0 Å². The molecule has 0 radical (unpaired) electrons. The maximum absolute atomic E-state index is 12.1. The fourth-order valence-corrected chi connectivity index (χ4v) is 2.70. The van der Waals surface area contributed by atoms with Crippen molar-refractivity contribution in [3.8, 4) is 0 Å². The fraction of sp³-hybridized carbons (Fsp3) is 0.529. The van der Waals surface area contributed by atoms with Crippen LogP contribution >= 0.6 is 0 Å². The molecule has 23 heavy (non-hydrogen) atoms. The molecule has 0 saturated carbocycles. The molecule has 6 nitrogen and oxygen atoms in total. The zero-order valence-corrected chi connectivity index (χ0v) is 14.1. The van der Waals surface area contributed by atoms with E-state index < -0.39 is 5.60 Å². The lowest BCUT2D eigenvalue weighted by Gasteiger charge is -2.36. The van der Waals surface area contributed by atoms with E-state index in [4.69, 9.17) is 9.15 Å². The first-order valence-corrected chi connectivity index (χ1v) is 7.92. The van der Waals surface area contributed by atoms with Crippen LogP contribution in [0, 0.1) is 6.92 Å². The molecule has 0 aliphatic carbocycles. The van der Waals surface area contributed by atoms with E-state index in [2.05, 4.69) is 9.88 Å². The lowest BCUT2D eigenvalue weighted by molar-refractivity contribution is 0.0240. The van der Waals surface area contributed by atoms with Crippen molar-refractivity contribution in [2.24, 2.45) is 0 Å². The van der Waals surface area contributed by atoms with E-state index in [1.165, 1.54) is 0 Å². The first-order valence-electron chi connectivity index (χ1n) is 7.92. The highest BCUT2D eigenvalue weighted by molar-refractivity contribution is 5.77. The highest BCUT2D eigenvalue weighted by Gasteiger charge is 2.26. The van der Waals surface area contributed by atoms with Gasteiger partial charge in [-0.25, -0.2) is 9.78 Å². The number of fused-ring (bicyclic) bond motifs is 1. The number of ether oxygens (including phenoxy) is 1. The number of carbonyl (C=O) groups is 1. The first kappa shape index (κ1) is 15.6. The Morgan fingerprint density at radius 2 is 1.91 bits per heavy atom. The van der Waals surface area contributed by atoms with E-state index >= 15 is 0 Å². The normalized spacial score (nSPS) is 16.0. The number of hydrogen-bond donors (Lipinski definition) is 0. The fourth-order valence-electron chi connectivity index (χ4n) is 2.70. The number of benzene rings is 1. The molecule has 1 aromatic heterocycles. The second-order valence-corrected chi connectivity index (χ2v) is 6.84. The van der Waals surface area contributed by atoms with Gasteiger partial charge < -0.3 is 19.0 Å². The summed E-state index contributed by atoms with van der Waals surface area (Å²) in [7, 11) is 0. The van der Waals surface area contributed by atoms with Gasteiger partial charge in [-0.2, -0.15) is 0 Å². The van der Waals surface area contributed by atoms with Crippen LogP contribution in [0.3, 0.4) is 0 Å². The molecule has 124 valence electrons. The van der Waals surface area contributed by atoms with Crippen LogP contribution in [0.25, 0.3) is 11.1 Å². The van der Waals surface area contributed by atoms with Crippen molar-refractivity contribution < 1.29 is 13.9 Å². The largest absolute Gasteiger partial charge is 0.444 e. The summed E-state index contributed by atoms with van der Waals surface area (Å²) in [6, 6.07) is 6.04. The van der Waals surface area contributed by atoms with E-state index in [1.807, 2.05) is 45.9 Å². The van der Waals surface area contributed by atoms with E-state index in [1.54, 1.807) is 4.90 Å². The van der Waals surface area contributed by atoms with Gasteiger partial charge in [0.1, 0.15) is 11.1 Å². The second-order valence-electron chi connectivity index (χ2n) is 6.84. The molecule has 0 spiro atoms. The van der Waals surface area contributed by atoms with Crippen LogP contribution in [0.4, 0.5) is 10.5 Å². The van der Waals surface area contributed by atoms with Crippen LogP contribution < -0.4 is 4.90 Å². The molecule has 0 atom stereocenters. The summed E-state index contributed by atoms with van der Waals surface area (Å²) in [5.74, 6) is 0.673. The molecule has 0 unspecified atom stereocenters. The quantitative estimate of drug-likeness (QED) is 0.808. The lowest BCUT2D eigenvalue weighted by atomic mass is 10.2. The van der Waals surface area contributed by atoms with Crippen molar-refractivity contribution in [1.82, 2.24) is 9.88 Å². The van der Waals surface area contributed by atoms with Gasteiger partial charge in [0.05, 0.1) is 0 Å². The molecule has 1 aliphatic heterocycles. The van der Waals surface area contributed by atoms with E-state index in [9.17, 15) is 4.79 Å². The Morgan fingerprint density at radius 1 is 1.22 bits per heavy atom. The summed E-state index contributed by atoms with van der Waals surface area (Å²) in [5, 5.41) is 0. The highest BCUT2D eigenvalue weighted by Crippen LogP contribution is 2.24. The molecule has 6 heteroatoms. The Hall–Kier alpha value is -2.24. The summed E-state index contributed by atoms with van der Waals surface area (Å²) in [6.07, 6.45) is -0.238. The third-order valence-electron chi connectivity index (χ3n) is 3.78. The monoisotopic (exact) mass is 317 g/mol.